The van der Waals surface area contributed by atoms with Crippen molar-refractivity contribution in [3.05, 3.63) is 35.6 Å². The summed E-state index contributed by atoms with van der Waals surface area (Å²) in [6.07, 6.45) is 2.27. The highest BCUT2D eigenvalue weighted by molar-refractivity contribution is 5.82. The van der Waals surface area contributed by atoms with Gasteiger partial charge in [0.05, 0.1) is 12.7 Å². The first-order valence-corrected chi connectivity index (χ1v) is 8.01. The number of ether oxygens (including phenoxy) is 1. The number of morpholine rings is 1. The molecule has 120 valence electrons. The van der Waals surface area contributed by atoms with Crippen LogP contribution in [-0.4, -0.2) is 42.6 Å². The van der Waals surface area contributed by atoms with Crippen molar-refractivity contribution in [1.29, 1.82) is 0 Å². The lowest BCUT2D eigenvalue weighted by molar-refractivity contribution is -0.140. The first-order chi connectivity index (χ1) is 10.6. The lowest BCUT2D eigenvalue weighted by Gasteiger charge is -2.34. The van der Waals surface area contributed by atoms with Crippen LogP contribution >= 0.6 is 0 Å². The summed E-state index contributed by atoms with van der Waals surface area (Å²) >= 11 is 0. The Bertz CT molecular complexity index is 516. The topological polar surface area (TPSA) is 41.6 Å². The van der Waals surface area contributed by atoms with Crippen LogP contribution < -0.4 is 5.32 Å². The Balaban J connectivity index is 1.70. The van der Waals surface area contributed by atoms with E-state index in [1.165, 1.54) is 25.0 Å². The number of nitrogens with one attached hydrogen (secondary N) is 1. The molecule has 22 heavy (non-hydrogen) atoms. The van der Waals surface area contributed by atoms with Crippen molar-refractivity contribution in [2.75, 3.05) is 19.7 Å². The molecule has 0 unspecified atom stereocenters. The maximum absolute atomic E-state index is 13.0. The van der Waals surface area contributed by atoms with Gasteiger partial charge in [0.15, 0.2) is 0 Å². The smallest absolute Gasteiger partial charge is 0.242 e. The number of hydrogen-bond donors (Lipinski definition) is 1. The molecule has 1 amide bonds. The van der Waals surface area contributed by atoms with Crippen LogP contribution in [0.4, 0.5) is 4.39 Å². The molecule has 1 aromatic rings. The highest BCUT2D eigenvalue weighted by Crippen LogP contribution is 2.30. The van der Waals surface area contributed by atoms with Crippen molar-refractivity contribution in [2.24, 2.45) is 5.92 Å². The van der Waals surface area contributed by atoms with E-state index >= 15 is 0 Å². The second-order valence-corrected chi connectivity index (χ2v) is 6.30. The third kappa shape index (κ3) is 3.84. The molecule has 2 atom stereocenters. The molecule has 1 heterocycles. The second kappa shape index (κ2) is 6.75. The van der Waals surface area contributed by atoms with E-state index in [2.05, 4.69) is 5.32 Å². The Morgan fingerprint density at radius 1 is 1.36 bits per heavy atom. The summed E-state index contributed by atoms with van der Waals surface area (Å²) in [6, 6.07) is 6.10. The number of benzene rings is 1. The molecule has 0 radical (unpaired) electrons. The number of carbonyl (C=O) groups excluding carboxylic acids is 1. The third-order valence-electron chi connectivity index (χ3n) is 4.36. The Morgan fingerprint density at radius 3 is 2.73 bits per heavy atom. The fourth-order valence-electron chi connectivity index (χ4n) is 2.86. The quantitative estimate of drug-likeness (QED) is 0.904. The maximum Gasteiger partial charge on any atom is 0.242 e. The average molecular weight is 306 g/mol. The average Bonchev–Trinajstić information content (AvgIpc) is 3.33. The zero-order valence-corrected chi connectivity index (χ0v) is 12.9. The van der Waals surface area contributed by atoms with Crippen LogP contribution in [0, 0.1) is 11.7 Å². The van der Waals surface area contributed by atoms with Crippen LogP contribution in [0.15, 0.2) is 24.3 Å². The molecule has 1 aliphatic carbocycles. The highest BCUT2D eigenvalue weighted by atomic mass is 19.1. The highest BCUT2D eigenvalue weighted by Gasteiger charge is 2.34. The van der Waals surface area contributed by atoms with E-state index in [9.17, 15) is 9.18 Å². The van der Waals surface area contributed by atoms with Gasteiger partial charge in [-0.2, -0.15) is 0 Å². The van der Waals surface area contributed by atoms with Crippen LogP contribution in [0.5, 0.6) is 0 Å². The van der Waals surface area contributed by atoms with Crippen LogP contribution in [0.3, 0.4) is 0 Å². The van der Waals surface area contributed by atoms with Gasteiger partial charge in [0, 0.05) is 19.6 Å². The van der Waals surface area contributed by atoms with Gasteiger partial charge in [-0.25, -0.2) is 4.39 Å². The Labute approximate surface area is 130 Å². The number of amides is 1. The lowest BCUT2D eigenvalue weighted by Crippen LogP contribution is -2.56. The maximum atomic E-state index is 13.0. The minimum absolute atomic E-state index is 0.0865. The van der Waals surface area contributed by atoms with Crippen molar-refractivity contribution >= 4 is 5.91 Å². The zero-order valence-electron chi connectivity index (χ0n) is 12.9. The SMILES string of the molecule is C[C@H]1OCCN[C@@H]1C(=O)N(Cc1ccc(F)cc1)CC1CC1. The van der Waals surface area contributed by atoms with Gasteiger partial charge in [-0.05, 0) is 43.4 Å². The van der Waals surface area contributed by atoms with E-state index in [4.69, 9.17) is 4.74 Å². The van der Waals surface area contributed by atoms with E-state index in [0.717, 1.165) is 12.1 Å². The standard InChI is InChI=1S/C17H23FN2O2/c1-12-16(19-8-9-22-12)17(21)20(10-13-2-3-13)11-14-4-6-15(18)7-5-14/h4-7,12-13,16,19H,2-3,8-11H2,1H3/t12-,16+/m1/s1. The van der Waals surface area contributed by atoms with Crippen molar-refractivity contribution in [2.45, 2.75) is 38.5 Å². The molecule has 2 fully saturated rings. The number of carbonyl (C=O) groups is 1. The number of hydrogen-bond acceptors (Lipinski definition) is 3. The molecular formula is C17H23FN2O2. The minimum atomic E-state index is -0.284. The van der Waals surface area contributed by atoms with Gasteiger partial charge < -0.3 is 15.0 Å². The van der Waals surface area contributed by atoms with E-state index in [1.807, 2.05) is 11.8 Å². The molecule has 1 aliphatic heterocycles. The molecule has 1 N–H and O–H groups in total. The largest absolute Gasteiger partial charge is 0.375 e. The molecular weight excluding hydrogens is 283 g/mol. The molecule has 1 aromatic carbocycles. The van der Waals surface area contributed by atoms with Gasteiger partial charge in [0.1, 0.15) is 11.9 Å². The van der Waals surface area contributed by atoms with Crippen molar-refractivity contribution in [3.63, 3.8) is 0 Å². The van der Waals surface area contributed by atoms with E-state index in [-0.39, 0.29) is 23.9 Å². The van der Waals surface area contributed by atoms with Crippen molar-refractivity contribution in [3.8, 4) is 0 Å². The van der Waals surface area contributed by atoms with Gasteiger partial charge in [0.2, 0.25) is 5.91 Å². The summed E-state index contributed by atoms with van der Waals surface area (Å²) in [5.74, 6) is 0.451. The summed E-state index contributed by atoms with van der Waals surface area (Å²) in [6.45, 7) is 4.59. The van der Waals surface area contributed by atoms with Crippen molar-refractivity contribution in [1.82, 2.24) is 10.2 Å². The summed E-state index contributed by atoms with van der Waals surface area (Å²) in [7, 11) is 0. The monoisotopic (exact) mass is 306 g/mol. The predicted molar refractivity (Wildman–Crippen MR) is 81.7 cm³/mol. The molecule has 0 aromatic heterocycles. The zero-order chi connectivity index (χ0) is 15.5. The van der Waals surface area contributed by atoms with E-state index in [1.54, 1.807) is 12.1 Å². The van der Waals surface area contributed by atoms with Crippen LogP contribution in [0.25, 0.3) is 0 Å². The predicted octanol–water partition coefficient (Wildman–Crippen LogP) is 1.94. The molecule has 2 aliphatic rings. The Morgan fingerprint density at radius 2 is 2.09 bits per heavy atom. The summed E-state index contributed by atoms with van der Waals surface area (Å²) in [5.41, 5.74) is 0.958. The van der Waals surface area contributed by atoms with Gasteiger partial charge in [-0.3, -0.25) is 4.79 Å². The Kier molecular flexibility index (Phi) is 4.74. The lowest BCUT2D eigenvalue weighted by atomic mass is 10.1. The van der Waals surface area contributed by atoms with Crippen LogP contribution in [-0.2, 0) is 16.1 Å². The van der Waals surface area contributed by atoms with Gasteiger partial charge in [-0.1, -0.05) is 12.1 Å². The summed E-state index contributed by atoms with van der Waals surface area (Å²) in [5, 5.41) is 3.26. The van der Waals surface area contributed by atoms with Gasteiger partial charge in [-0.15, -0.1) is 0 Å². The molecule has 1 saturated heterocycles. The van der Waals surface area contributed by atoms with E-state index in [0.29, 0.717) is 25.6 Å². The Hall–Kier alpha value is -1.46. The van der Waals surface area contributed by atoms with E-state index < -0.39 is 0 Å². The molecule has 5 heteroatoms. The summed E-state index contributed by atoms with van der Waals surface area (Å²) < 4.78 is 18.6. The van der Waals surface area contributed by atoms with Crippen molar-refractivity contribution < 1.29 is 13.9 Å². The van der Waals surface area contributed by atoms with Crippen LogP contribution in [0.2, 0.25) is 0 Å². The minimum Gasteiger partial charge on any atom is -0.375 e. The molecule has 3 rings (SSSR count). The fourth-order valence-corrected chi connectivity index (χ4v) is 2.86. The van der Waals surface area contributed by atoms with Gasteiger partial charge in [0.25, 0.3) is 0 Å². The normalized spacial score (nSPS) is 25.0. The first-order valence-electron chi connectivity index (χ1n) is 8.01. The van der Waals surface area contributed by atoms with Gasteiger partial charge >= 0.3 is 0 Å². The number of nitrogens with zero attached hydrogens (tertiary/aromatic N) is 1. The first kappa shape index (κ1) is 15.4. The molecule has 4 nitrogen and oxygen atoms in total. The van der Waals surface area contributed by atoms with Crippen LogP contribution in [0.1, 0.15) is 25.3 Å². The third-order valence-corrected chi connectivity index (χ3v) is 4.36. The second-order valence-electron chi connectivity index (χ2n) is 6.30. The molecule has 1 saturated carbocycles. The fraction of sp³-hybridized carbons (Fsp3) is 0.588. The molecule has 0 bridgehead atoms. The number of halogens is 1. The molecule has 0 spiro atoms. The number of rotatable bonds is 5. The summed E-state index contributed by atoms with van der Waals surface area (Å²) in [4.78, 5) is 14.7.